The summed E-state index contributed by atoms with van der Waals surface area (Å²) >= 11 is 0. The molecule has 6 heterocycles. The fraction of sp³-hybridized carbons (Fsp3) is 0.647. The molecule has 11 nitrogen and oxygen atoms in total. The van der Waals surface area contributed by atoms with Gasteiger partial charge < -0.3 is 36.7 Å². The molecule has 45 heavy (non-hydrogen) atoms. The van der Waals surface area contributed by atoms with Crippen molar-refractivity contribution in [3.8, 4) is 0 Å². The smallest absolute Gasteiger partial charge is 0.154 e. The first-order chi connectivity index (χ1) is 21.2. The summed E-state index contributed by atoms with van der Waals surface area (Å²) in [4.78, 5) is 18.8. The molecule has 2 aliphatic rings. The maximum atomic E-state index is 6.20. The molecule has 0 saturated carbocycles. The molecule has 0 amide bonds. The van der Waals surface area contributed by atoms with E-state index in [1.54, 1.807) is 0 Å². The Labute approximate surface area is 268 Å². The maximum absolute atomic E-state index is 6.20. The second-order valence-electron chi connectivity index (χ2n) is 13.4. The Kier molecular flexibility index (Phi) is 11.5. The largest absolute Gasteiger partial charge is 0.412 e. The second kappa shape index (κ2) is 15.1. The number of aromatic nitrogens is 6. The maximum Gasteiger partial charge on any atom is 0.154 e. The van der Waals surface area contributed by atoms with E-state index in [9.17, 15) is 0 Å². The molecule has 0 bridgehead atoms. The summed E-state index contributed by atoms with van der Waals surface area (Å²) in [6.07, 6.45) is 11.1. The SMILES string of the molecule is CCCCc1nc2c(N)nc3c(c2n1CC(C)C)CCCN3.CCCCc1nc2c(N)nc3c(c2n1CC(C)C)CCCN3.O. The molecule has 4 aromatic heterocycles. The normalized spacial score (nSPS) is 14.0. The minimum atomic E-state index is 0. The van der Waals surface area contributed by atoms with Gasteiger partial charge in [-0.25, -0.2) is 19.9 Å². The van der Waals surface area contributed by atoms with E-state index in [0.29, 0.717) is 23.5 Å². The van der Waals surface area contributed by atoms with Crippen LogP contribution in [0.2, 0.25) is 0 Å². The van der Waals surface area contributed by atoms with Gasteiger partial charge in [0.25, 0.3) is 0 Å². The lowest BCUT2D eigenvalue weighted by Crippen LogP contribution is -2.17. The number of imidazole rings is 2. The van der Waals surface area contributed by atoms with Crippen LogP contribution in [0.4, 0.5) is 23.3 Å². The van der Waals surface area contributed by atoms with Crippen LogP contribution < -0.4 is 22.1 Å². The fourth-order valence-corrected chi connectivity index (χ4v) is 6.56. The van der Waals surface area contributed by atoms with Gasteiger partial charge in [0.1, 0.15) is 34.3 Å². The van der Waals surface area contributed by atoms with Gasteiger partial charge in [-0.15, -0.1) is 0 Å². The third-order valence-electron chi connectivity index (χ3n) is 8.58. The molecular formula is C34H56N10O. The zero-order valence-electron chi connectivity index (χ0n) is 28.4. The molecular weight excluding hydrogens is 564 g/mol. The monoisotopic (exact) mass is 620 g/mol. The molecule has 0 saturated heterocycles. The average Bonchev–Trinajstić information content (AvgIpc) is 3.54. The third kappa shape index (κ3) is 7.29. The number of hydrogen-bond acceptors (Lipinski definition) is 8. The van der Waals surface area contributed by atoms with Crippen molar-refractivity contribution in [1.29, 1.82) is 0 Å². The van der Waals surface area contributed by atoms with Crippen LogP contribution in [-0.4, -0.2) is 47.6 Å². The molecule has 0 unspecified atom stereocenters. The first-order valence-electron chi connectivity index (χ1n) is 17.1. The number of anilines is 4. The number of nitrogen functional groups attached to an aromatic ring is 2. The van der Waals surface area contributed by atoms with Gasteiger partial charge in [-0.1, -0.05) is 54.4 Å². The molecule has 0 radical (unpaired) electrons. The van der Waals surface area contributed by atoms with Gasteiger partial charge in [0, 0.05) is 50.1 Å². The van der Waals surface area contributed by atoms with Crippen LogP contribution in [0.25, 0.3) is 22.1 Å². The van der Waals surface area contributed by atoms with Crippen LogP contribution in [0, 0.1) is 11.8 Å². The van der Waals surface area contributed by atoms with E-state index in [1.807, 2.05) is 0 Å². The van der Waals surface area contributed by atoms with Crippen LogP contribution in [0.3, 0.4) is 0 Å². The van der Waals surface area contributed by atoms with E-state index >= 15 is 0 Å². The number of fused-ring (bicyclic) bond motifs is 6. The summed E-state index contributed by atoms with van der Waals surface area (Å²) in [7, 11) is 0. The van der Waals surface area contributed by atoms with E-state index in [0.717, 1.165) is 112 Å². The van der Waals surface area contributed by atoms with Crippen LogP contribution >= 0.6 is 0 Å². The molecule has 0 aliphatic carbocycles. The summed E-state index contributed by atoms with van der Waals surface area (Å²) in [5.41, 5.74) is 19.2. The zero-order chi connectivity index (χ0) is 31.4. The van der Waals surface area contributed by atoms with Crippen molar-refractivity contribution in [3.63, 3.8) is 0 Å². The summed E-state index contributed by atoms with van der Waals surface area (Å²) in [6, 6.07) is 0. The molecule has 2 aliphatic heterocycles. The highest BCUT2D eigenvalue weighted by atomic mass is 16.0. The number of unbranched alkanes of at least 4 members (excludes halogenated alkanes) is 2. The van der Waals surface area contributed by atoms with Gasteiger partial charge in [0.15, 0.2) is 11.6 Å². The number of nitrogens with one attached hydrogen (secondary N) is 2. The molecule has 0 spiro atoms. The average molecular weight is 621 g/mol. The molecule has 0 atom stereocenters. The van der Waals surface area contributed by atoms with Gasteiger partial charge >= 0.3 is 0 Å². The van der Waals surface area contributed by atoms with E-state index in [2.05, 4.69) is 71.3 Å². The molecule has 4 aromatic rings. The Balaban J connectivity index is 0.000000200. The standard InChI is InChI=1S/2C17H27N5.H2O/c2*1-4-5-8-13-20-14-15(22(13)10-11(2)3)12-7-6-9-19-17(12)21-16(14)18;/h2*11H,4-10H2,1-3H3,(H3,18,19,21);1H2. The van der Waals surface area contributed by atoms with Crippen LogP contribution in [-0.2, 0) is 38.8 Å². The van der Waals surface area contributed by atoms with Crippen molar-refractivity contribution in [3.05, 3.63) is 22.8 Å². The lowest BCUT2D eigenvalue weighted by atomic mass is 10.0. The summed E-state index contributed by atoms with van der Waals surface area (Å²) in [5.74, 6) is 6.54. The highest BCUT2D eigenvalue weighted by Crippen LogP contribution is 2.34. The minimum Gasteiger partial charge on any atom is -0.412 e. The minimum absolute atomic E-state index is 0. The van der Waals surface area contributed by atoms with Crippen molar-refractivity contribution < 1.29 is 5.48 Å². The molecule has 0 fully saturated rings. The molecule has 0 aromatic carbocycles. The van der Waals surface area contributed by atoms with Crippen LogP contribution in [0.5, 0.6) is 0 Å². The number of hydrogen-bond donors (Lipinski definition) is 4. The van der Waals surface area contributed by atoms with E-state index < -0.39 is 0 Å². The van der Waals surface area contributed by atoms with E-state index in [1.165, 1.54) is 35.0 Å². The third-order valence-corrected chi connectivity index (χ3v) is 8.58. The summed E-state index contributed by atoms with van der Waals surface area (Å²) < 4.78 is 4.80. The van der Waals surface area contributed by atoms with E-state index in [4.69, 9.17) is 21.4 Å². The lowest BCUT2D eigenvalue weighted by molar-refractivity contribution is 0.512. The van der Waals surface area contributed by atoms with Gasteiger partial charge in [0.05, 0.1) is 11.0 Å². The topological polar surface area (TPSA) is 169 Å². The number of pyridine rings is 2. The first kappa shape index (κ1) is 34.3. The first-order valence-corrected chi connectivity index (χ1v) is 17.1. The Hall–Kier alpha value is -3.60. The van der Waals surface area contributed by atoms with Gasteiger partial charge in [-0.3, -0.25) is 0 Å². The van der Waals surface area contributed by atoms with Crippen molar-refractivity contribution in [2.24, 2.45) is 11.8 Å². The molecule has 6 rings (SSSR count). The predicted octanol–water partition coefficient (Wildman–Crippen LogP) is 5.92. The quantitative estimate of drug-likeness (QED) is 0.169. The lowest BCUT2D eigenvalue weighted by Gasteiger charge is -2.20. The highest BCUT2D eigenvalue weighted by molar-refractivity contribution is 5.92. The van der Waals surface area contributed by atoms with Crippen LogP contribution in [0.15, 0.2) is 0 Å². The number of aryl methyl sites for hydroxylation is 4. The predicted molar refractivity (Wildman–Crippen MR) is 188 cm³/mol. The highest BCUT2D eigenvalue weighted by Gasteiger charge is 2.24. The van der Waals surface area contributed by atoms with Crippen molar-refractivity contribution in [2.45, 2.75) is 119 Å². The van der Waals surface area contributed by atoms with Crippen molar-refractivity contribution in [2.75, 3.05) is 35.2 Å². The molecule has 8 N–H and O–H groups in total. The Morgan fingerprint density at radius 1 is 0.667 bits per heavy atom. The fourth-order valence-electron chi connectivity index (χ4n) is 6.56. The number of rotatable bonds is 10. The summed E-state index contributed by atoms with van der Waals surface area (Å²) in [5, 5.41) is 6.79. The van der Waals surface area contributed by atoms with Crippen molar-refractivity contribution >= 4 is 45.3 Å². The van der Waals surface area contributed by atoms with Gasteiger partial charge in [-0.2, -0.15) is 0 Å². The molecule has 248 valence electrons. The Morgan fingerprint density at radius 3 is 1.42 bits per heavy atom. The summed E-state index contributed by atoms with van der Waals surface area (Å²) in [6.45, 7) is 17.4. The van der Waals surface area contributed by atoms with Gasteiger partial charge in [-0.05, 0) is 50.4 Å². The van der Waals surface area contributed by atoms with Crippen LogP contribution in [0.1, 0.15) is 103 Å². The van der Waals surface area contributed by atoms with Crippen molar-refractivity contribution in [1.82, 2.24) is 29.1 Å². The number of nitrogens with zero attached hydrogens (tertiary/aromatic N) is 6. The second-order valence-corrected chi connectivity index (χ2v) is 13.4. The van der Waals surface area contributed by atoms with E-state index in [-0.39, 0.29) is 5.48 Å². The Bertz CT molecular complexity index is 1470. The number of nitrogens with two attached hydrogens (primary N) is 2. The Morgan fingerprint density at radius 2 is 1.07 bits per heavy atom. The zero-order valence-corrected chi connectivity index (χ0v) is 28.4. The van der Waals surface area contributed by atoms with Gasteiger partial charge in [0.2, 0.25) is 0 Å². The molecule has 11 heteroatoms.